The van der Waals surface area contributed by atoms with Gasteiger partial charge in [-0.25, -0.2) is 0 Å². The Kier molecular flexibility index (Phi) is 7.20. The smallest absolute Gasteiger partial charge is 0.191 e. The van der Waals surface area contributed by atoms with Crippen LogP contribution in [0, 0.1) is 6.92 Å². The maximum Gasteiger partial charge on any atom is 0.191 e. The van der Waals surface area contributed by atoms with Crippen molar-refractivity contribution in [3.05, 3.63) is 29.8 Å². The van der Waals surface area contributed by atoms with Crippen LogP contribution in [0.1, 0.15) is 31.7 Å². The van der Waals surface area contributed by atoms with Gasteiger partial charge < -0.3 is 20.1 Å². The normalized spacial score (nSPS) is 19.4. The number of hydrogen-bond acceptors (Lipinski definition) is 3. The highest BCUT2D eigenvalue weighted by atomic mass is 16.5. The molecule has 2 unspecified atom stereocenters. The second kappa shape index (κ2) is 9.40. The highest BCUT2D eigenvalue weighted by Crippen LogP contribution is 2.14. The van der Waals surface area contributed by atoms with Crippen molar-refractivity contribution in [2.45, 2.75) is 45.3 Å². The van der Waals surface area contributed by atoms with E-state index in [1.54, 1.807) is 7.05 Å². The summed E-state index contributed by atoms with van der Waals surface area (Å²) in [5, 5.41) is 6.63. The summed E-state index contributed by atoms with van der Waals surface area (Å²) >= 11 is 0. The number of benzene rings is 1. The number of ether oxygens (including phenoxy) is 2. The molecule has 2 N–H and O–H groups in total. The number of guanidine groups is 1. The Morgan fingerprint density at radius 3 is 3.00 bits per heavy atom. The van der Waals surface area contributed by atoms with E-state index in [1.165, 1.54) is 18.4 Å². The van der Waals surface area contributed by atoms with Gasteiger partial charge in [0.2, 0.25) is 0 Å². The molecule has 0 saturated carbocycles. The lowest BCUT2D eigenvalue weighted by Gasteiger charge is -2.18. The molecular weight excluding hydrogens is 290 g/mol. The molecule has 0 aromatic heterocycles. The van der Waals surface area contributed by atoms with Gasteiger partial charge in [-0.2, -0.15) is 0 Å². The number of nitrogens with zero attached hydrogens (tertiary/aromatic N) is 1. The standard InChI is InChI=1S/C18H29N3O2/c1-14-6-4-7-17(12-14)23-15(2)13-21-18(19-3)20-10-9-16-8-5-11-22-16/h4,6-7,12,15-16H,5,8-11,13H2,1-3H3,(H2,19,20,21). The molecule has 1 aromatic rings. The molecule has 1 aliphatic heterocycles. The van der Waals surface area contributed by atoms with Gasteiger partial charge in [0.05, 0.1) is 12.6 Å². The fourth-order valence-electron chi connectivity index (χ4n) is 2.65. The van der Waals surface area contributed by atoms with E-state index in [0.717, 1.165) is 31.3 Å². The summed E-state index contributed by atoms with van der Waals surface area (Å²) in [4.78, 5) is 4.24. The van der Waals surface area contributed by atoms with E-state index < -0.39 is 0 Å². The Morgan fingerprint density at radius 2 is 2.30 bits per heavy atom. The Bertz CT molecular complexity index is 499. The van der Waals surface area contributed by atoms with E-state index in [-0.39, 0.29) is 6.10 Å². The molecule has 5 nitrogen and oxygen atoms in total. The van der Waals surface area contributed by atoms with Crippen molar-refractivity contribution in [2.24, 2.45) is 4.99 Å². The fourth-order valence-corrected chi connectivity index (χ4v) is 2.65. The van der Waals surface area contributed by atoms with Crippen molar-refractivity contribution in [1.82, 2.24) is 10.6 Å². The maximum absolute atomic E-state index is 5.91. The number of aliphatic imine (C=N–C) groups is 1. The summed E-state index contributed by atoms with van der Waals surface area (Å²) in [6.45, 7) is 6.60. The second-order valence-corrected chi connectivity index (χ2v) is 6.05. The van der Waals surface area contributed by atoms with E-state index in [0.29, 0.717) is 12.6 Å². The van der Waals surface area contributed by atoms with Gasteiger partial charge in [-0.1, -0.05) is 12.1 Å². The largest absolute Gasteiger partial charge is 0.489 e. The molecule has 0 spiro atoms. The lowest BCUT2D eigenvalue weighted by Crippen LogP contribution is -2.42. The van der Waals surface area contributed by atoms with Crippen LogP contribution < -0.4 is 15.4 Å². The Balaban J connectivity index is 1.65. The van der Waals surface area contributed by atoms with Crippen LogP contribution in [0.25, 0.3) is 0 Å². The van der Waals surface area contributed by atoms with E-state index in [9.17, 15) is 0 Å². The average Bonchev–Trinajstić information content (AvgIpc) is 3.04. The molecule has 1 saturated heterocycles. The first-order chi connectivity index (χ1) is 11.2. The van der Waals surface area contributed by atoms with E-state index in [1.807, 2.05) is 18.2 Å². The van der Waals surface area contributed by atoms with Crippen LogP contribution in [-0.2, 0) is 4.74 Å². The lowest BCUT2D eigenvalue weighted by atomic mass is 10.2. The zero-order valence-corrected chi connectivity index (χ0v) is 14.5. The highest BCUT2D eigenvalue weighted by molar-refractivity contribution is 5.79. The second-order valence-electron chi connectivity index (χ2n) is 6.05. The maximum atomic E-state index is 5.91. The Morgan fingerprint density at radius 1 is 1.43 bits per heavy atom. The van der Waals surface area contributed by atoms with E-state index in [4.69, 9.17) is 9.47 Å². The van der Waals surface area contributed by atoms with Crippen molar-refractivity contribution >= 4 is 5.96 Å². The molecule has 5 heteroatoms. The molecule has 1 aliphatic rings. The topological polar surface area (TPSA) is 54.9 Å². The number of aryl methyl sites for hydroxylation is 1. The van der Waals surface area contributed by atoms with Crippen molar-refractivity contribution in [3.8, 4) is 5.75 Å². The molecule has 0 aliphatic carbocycles. The van der Waals surface area contributed by atoms with Crippen LogP contribution >= 0.6 is 0 Å². The Labute approximate surface area is 139 Å². The summed E-state index contributed by atoms with van der Waals surface area (Å²) in [6.07, 6.45) is 3.86. The van der Waals surface area contributed by atoms with Gasteiger partial charge in [0.15, 0.2) is 5.96 Å². The van der Waals surface area contributed by atoms with Crippen molar-refractivity contribution in [1.29, 1.82) is 0 Å². The summed E-state index contributed by atoms with van der Waals surface area (Å²) < 4.78 is 11.5. The van der Waals surface area contributed by atoms with E-state index in [2.05, 4.69) is 35.5 Å². The minimum atomic E-state index is 0.0634. The Hall–Kier alpha value is -1.75. The van der Waals surface area contributed by atoms with Gasteiger partial charge >= 0.3 is 0 Å². The zero-order valence-electron chi connectivity index (χ0n) is 14.5. The molecule has 1 fully saturated rings. The van der Waals surface area contributed by atoms with Crippen molar-refractivity contribution in [3.63, 3.8) is 0 Å². The van der Waals surface area contributed by atoms with Crippen molar-refractivity contribution < 1.29 is 9.47 Å². The van der Waals surface area contributed by atoms with Gasteiger partial charge in [-0.15, -0.1) is 0 Å². The zero-order chi connectivity index (χ0) is 16.5. The van der Waals surface area contributed by atoms with Gasteiger partial charge in [0.25, 0.3) is 0 Å². The molecule has 1 heterocycles. The SMILES string of the molecule is CN=C(NCCC1CCCO1)NCC(C)Oc1cccc(C)c1. The molecule has 0 bridgehead atoms. The summed E-state index contributed by atoms with van der Waals surface area (Å²) in [6, 6.07) is 8.11. The molecule has 2 atom stereocenters. The van der Waals surface area contributed by atoms with Crippen molar-refractivity contribution in [2.75, 3.05) is 26.7 Å². The first-order valence-electron chi connectivity index (χ1n) is 8.47. The number of rotatable bonds is 7. The molecule has 23 heavy (non-hydrogen) atoms. The third-order valence-corrected chi connectivity index (χ3v) is 3.89. The quantitative estimate of drug-likeness (QED) is 0.599. The van der Waals surface area contributed by atoms with Gasteiger partial charge in [0, 0.05) is 20.2 Å². The summed E-state index contributed by atoms with van der Waals surface area (Å²) in [5.74, 6) is 1.71. The molecule has 0 radical (unpaired) electrons. The van der Waals surface area contributed by atoms with Crippen LogP contribution in [0.3, 0.4) is 0 Å². The predicted molar refractivity (Wildman–Crippen MR) is 94.2 cm³/mol. The number of hydrogen-bond donors (Lipinski definition) is 2. The number of nitrogens with one attached hydrogen (secondary N) is 2. The average molecular weight is 319 g/mol. The van der Waals surface area contributed by atoms with Crippen LogP contribution in [0.15, 0.2) is 29.3 Å². The third kappa shape index (κ3) is 6.48. The molecule has 128 valence electrons. The lowest BCUT2D eigenvalue weighted by molar-refractivity contribution is 0.105. The van der Waals surface area contributed by atoms with Gasteiger partial charge in [-0.3, -0.25) is 4.99 Å². The molecule has 1 aromatic carbocycles. The first-order valence-corrected chi connectivity index (χ1v) is 8.47. The van der Waals surface area contributed by atoms with Crippen LogP contribution in [0.5, 0.6) is 5.75 Å². The van der Waals surface area contributed by atoms with E-state index >= 15 is 0 Å². The third-order valence-electron chi connectivity index (χ3n) is 3.89. The highest BCUT2D eigenvalue weighted by Gasteiger charge is 2.14. The van der Waals surface area contributed by atoms with Crippen LogP contribution in [-0.4, -0.2) is 44.9 Å². The fraction of sp³-hybridized carbons (Fsp3) is 0.611. The van der Waals surface area contributed by atoms with Gasteiger partial charge in [-0.05, 0) is 50.8 Å². The van der Waals surface area contributed by atoms with Crippen LogP contribution in [0.4, 0.5) is 0 Å². The monoisotopic (exact) mass is 319 g/mol. The minimum absolute atomic E-state index is 0.0634. The van der Waals surface area contributed by atoms with Crippen LogP contribution in [0.2, 0.25) is 0 Å². The summed E-state index contributed by atoms with van der Waals surface area (Å²) in [7, 11) is 1.79. The first kappa shape index (κ1) is 17.6. The molecule has 2 rings (SSSR count). The predicted octanol–water partition coefficient (Wildman–Crippen LogP) is 2.50. The molecule has 0 amide bonds. The van der Waals surface area contributed by atoms with Gasteiger partial charge in [0.1, 0.15) is 11.9 Å². The molecular formula is C18H29N3O2. The summed E-state index contributed by atoms with van der Waals surface area (Å²) in [5.41, 5.74) is 1.20. The minimum Gasteiger partial charge on any atom is -0.489 e.